The first kappa shape index (κ1) is 19.8. The Kier molecular flexibility index (Phi) is 6.67. The van der Waals surface area contributed by atoms with Crippen LogP contribution in [0.25, 0.3) is 0 Å². The zero-order valence-electron chi connectivity index (χ0n) is 9.21. The van der Waals surface area contributed by atoms with Crippen molar-refractivity contribution >= 4 is 104 Å². The number of alkyl halides is 9. The van der Waals surface area contributed by atoms with Crippen LogP contribution in [0.4, 0.5) is 0 Å². The molecule has 0 fully saturated rings. The molecule has 1 N–H and O–H groups in total. The van der Waals surface area contributed by atoms with Gasteiger partial charge in [0.25, 0.3) is 0 Å². The molecular weight excluding hydrogens is 455 g/mol. The van der Waals surface area contributed by atoms with E-state index in [-0.39, 0.29) is 22.3 Å². The van der Waals surface area contributed by atoms with Crippen LogP contribution in [0, 0.1) is 0 Å². The quantitative estimate of drug-likeness (QED) is 0.465. The van der Waals surface area contributed by atoms with Gasteiger partial charge >= 0.3 is 0 Å². The van der Waals surface area contributed by atoms with Crippen LogP contribution < -0.4 is 0 Å². The fourth-order valence-corrected chi connectivity index (χ4v) is 2.85. The smallest absolute Gasteiger partial charge is 0.216 e. The lowest BCUT2D eigenvalue weighted by atomic mass is 9.99. The Morgan fingerprint density at radius 1 is 0.700 bits per heavy atom. The maximum Gasteiger partial charge on any atom is 0.216 e. The van der Waals surface area contributed by atoms with E-state index >= 15 is 0 Å². The topological polar surface area (TPSA) is 20.2 Å². The summed E-state index contributed by atoms with van der Waals surface area (Å²) in [4.78, 5) is 0. The third-order valence-corrected chi connectivity index (χ3v) is 4.22. The molecule has 0 atom stereocenters. The summed E-state index contributed by atoms with van der Waals surface area (Å²) in [6.45, 7) is -0.521. The molecule has 0 aliphatic rings. The van der Waals surface area contributed by atoms with Gasteiger partial charge in [0.2, 0.25) is 11.4 Å². The van der Waals surface area contributed by atoms with Crippen molar-refractivity contribution in [2.45, 2.75) is 18.0 Å². The van der Waals surface area contributed by atoms with Crippen LogP contribution in [0.15, 0.2) is 12.1 Å². The molecule has 1 aromatic rings. The maximum absolute atomic E-state index is 9.47. The predicted molar refractivity (Wildman–Crippen MR) is 90.1 cm³/mol. The second-order valence-corrected chi connectivity index (χ2v) is 10.5. The number of rotatable bonds is 1. The molecule has 0 amide bonds. The highest BCUT2D eigenvalue weighted by molar-refractivity contribution is 6.68. The van der Waals surface area contributed by atoms with Crippen molar-refractivity contribution in [3.63, 3.8) is 0 Å². The van der Waals surface area contributed by atoms with Crippen LogP contribution in [0.5, 0.6) is 0 Å². The van der Waals surface area contributed by atoms with Gasteiger partial charge in [-0.3, -0.25) is 0 Å². The minimum Gasteiger partial charge on any atom is -0.392 e. The van der Waals surface area contributed by atoms with E-state index in [2.05, 4.69) is 0 Å². The van der Waals surface area contributed by atoms with Crippen molar-refractivity contribution in [1.82, 2.24) is 0 Å². The molecule has 114 valence electrons. The molecular formula is C10H5Cl9O. The predicted octanol–water partition coefficient (Wildman–Crippen LogP) is 6.66. The van der Waals surface area contributed by atoms with Gasteiger partial charge in [-0.2, -0.15) is 0 Å². The molecule has 0 aliphatic heterocycles. The molecule has 1 nitrogen and oxygen atoms in total. The van der Waals surface area contributed by atoms with Gasteiger partial charge in [0.1, 0.15) is 0 Å². The standard InChI is InChI=1S/C10H5Cl9O/c11-8(12,13)4-1-6(9(14,15)16)5(3-20)7(2-4)10(17,18)19/h1-2,20H,3H2. The summed E-state index contributed by atoms with van der Waals surface area (Å²) >= 11 is 52.5. The Morgan fingerprint density at radius 3 is 1.25 bits per heavy atom. The first-order chi connectivity index (χ1) is 8.78. The Labute approximate surface area is 160 Å². The summed E-state index contributed by atoms with van der Waals surface area (Å²) in [6, 6.07) is 2.65. The Morgan fingerprint density at radius 2 is 1.05 bits per heavy atom. The van der Waals surface area contributed by atoms with Crippen molar-refractivity contribution in [3.8, 4) is 0 Å². The summed E-state index contributed by atoms with van der Waals surface area (Å²) < 4.78 is -5.60. The van der Waals surface area contributed by atoms with Crippen LogP contribution in [-0.4, -0.2) is 5.11 Å². The summed E-state index contributed by atoms with van der Waals surface area (Å²) in [5.41, 5.74) is 0.413. The molecule has 0 saturated carbocycles. The lowest BCUT2D eigenvalue weighted by Gasteiger charge is -2.25. The highest BCUT2D eigenvalue weighted by Crippen LogP contribution is 2.50. The normalized spacial score (nSPS) is 13.7. The number of halogens is 9. The van der Waals surface area contributed by atoms with E-state index < -0.39 is 18.0 Å². The van der Waals surface area contributed by atoms with Crippen LogP contribution in [0.3, 0.4) is 0 Å². The third-order valence-electron chi connectivity index (χ3n) is 2.35. The fraction of sp³-hybridized carbons (Fsp3) is 0.400. The lowest BCUT2D eigenvalue weighted by Crippen LogP contribution is -2.16. The molecule has 0 bridgehead atoms. The summed E-state index contributed by atoms with van der Waals surface area (Å²) in [6.07, 6.45) is 0. The number of hydrogen-bond acceptors (Lipinski definition) is 1. The molecule has 0 aromatic heterocycles. The van der Waals surface area contributed by atoms with E-state index in [0.717, 1.165) is 0 Å². The minimum absolute atomic E-state index is 0.0650. The molecule has 20 heavy (non-hydrogen) atoms. The van der Waals surface area contributed by atoms with Gasteiger partial charge in [-0.05, 0) is 17.7 Å². The lowest BCUT2D eigenvalue weighted by molar-refractivity contribution is 0.279. The first-order valence-corrected chi connectivity index (χ1v) is 8.18. The number of aliphatic hydroxyl groups is 1. The van der Waals surface area contributed by atoms with Gasteiger partial charge in [-0.25, -0.2) is 0 Å². The van der Waals surface area contributed by atoms with Crippen molar-refractivity contribution in [3.05, 3.63) is 34.4 Å². The highest BCUT2D eigenvalue weighted by atomic mass is 35.6. The van der Waals surface area contributed by atoms with Crippen LogP contribution in [-0.2, 0) is 18.0 Å². The third kappa shape index (κ3) is 4.89. The van der Waals surface area contributed by atoms with Crippen molar-refractivity contribution in [2.24, 2.45) is 0 Å². The van der Waals surface area contributed by atoms with Gasteiger partial charge in [0, 0.05) is 16.7 Å². The van der Waals surface area contributed by atoms with Crippen LogP contribution in [0.1, 0.15) is 22.3 Å². The molecule has 10 heteroatoms. The van der Waals surface area contributed by atoms with Crippen molar-refractivity contribution in [1.29, 1.82) is 0 Å². The monoisotopic (exact) mass is 456 g/mol. The fourth-order valence-electron chi connectivity index (χ4n) is 1.51. The molecule has 1 aromatic carbocycles. The van der Waals surface area contributed by atoms with Gasteiger partial charge in [-0.15, -0.1) is 0 Å². The minimum atomic E-state index is -1.89. The SMILES string of the molecule is OCc1c(C(Cl)(Cl)Cl)cc(C(Cl)(Cl)Cl)cc1C(Cl)(Cl)Cl. The molecule has 0 aliphatic carbocycles. The van der Waals surface area contributed by atoms with Crippen molar-refractivity contribution in [2.75, 3.05) is 0 Å². The molecule has 1 rings (SSSR count). The number of aliphatic hydroxyl groups excluding tert-OH is 1. The zero-order valence-corrected chi connectivity index (χ0v) is 16.0. The average Bonchev–Trinajstić information content (AvgIpc) is 2.23. The van der Waals surface area contributed by atoms with E-state index in [1.165, 1.54) is 12.1 Å². The molecule has 0 saturated heterocycles. The second-order valence-electron chi connectivity index (χ2n) is 3.70. The van der Waals surface area contributed by atoms with Gasteiger partial charge in [0.05, 0.1) is 6.61 Å². The van der Waals surface area contributed by atoms with E-state index in [1.807, 2.05) is 0 Å². The molecule has 0 radical (unpaired) electrons. The highest BCUT2D eigenvalue weighted by Gasteiger charge is 2.36. The van der Waals surface area contributed by atoms with Crippen LogP contribution in [0.2, 0.25) is 0 Å². The summed E-state index contributed by atoms with van der Waals surface area (Å²) in [5, 5.41) is 9.47. The Bertz CT molecular complexity index is 460. The Balaban J connectivity index is 3.75. The van der Waals surface area contributed by atoms with Crippen LogP contribution >= 0.6 is 104 Å². The average molecular weight is 460 g/mol. The first-order valence-electron chi connectivity index (χ1n) is 4.78. The maximum atomic E-state index is 9.47. The number of hydrogen-bond donors (Lipinski definition) is 1. The zero-order chi connectivity index (χ0) is 15.9. The largest absolute Gasteiger partial charge is 0.392 e. The number of benzene rings is 1. The van der Waals surface area contributed by atoms with E-state index in [4.69, 9.17) is 104 Å². The Hall–Kier alpha value is 1.79. The van der Waals surface area contributed by atoms with E-state index in [1.54, 1.807) is 0 Å². The van der Waals surface area contributed by atoms with E-state index in [9.17, 15) is 5.11 Å². The van der Waals surface area contributed by atoms with Gasteiger partial charge in [0.15, 0.2) is 0 Å². The van der Waals surface area contributed by atoms with Gasteiger partial charge in [-0.1, -0.05) is 104 Å². The summed E-state index contributed by atoms with van der Waals surface area (Å²) in [7, 11) is 0. The van der Waals surface area contributed by atoms with E-state index in [0.29, 0.717) is 0 Å². The second kappa shape index (κ2) is 6.73. The van der Waals surface area contributed by atoms with Crippen molar-refractivity contribution < 1.29 is 5.11 Å². The summed E-state index contributed by atoms with van der Waals surface area (Å²) in [5.74, 6) is 0. The van der Waals surface area contributed by atoms with Gasteiger partial charge < -0.3 is 5.11 Å². The molecule has 0 unspecified atom stereocenters. The molecule has 0 spiro atoms. The molecule has 0 heterocycles.